The topological polar surface area (TPSA) is 88.6 Å². The van der Waals surface area contributed by atoms with E-state index in [1.54, 1.807) is 11.0 Å². The zero-order valence-electron chi connectivity index (χ0n) is 29.9. The molecule has 4 aromatic rings. The second kappa shape index (κ2) is 14.0. The molecule has 2 amide bonds. The van der Waals surface area contributed by atoms with Crippen molar-refractivity contribution in [3.63, 3.8) is 0 Å². The molecule has 1 unspecified atom stereocenters. The molecule has 270 valence electrons. The van der Waals surface area contributed by atoms with Crippen molar-refractivity contribution in [3.8, 4) is 28.3 Å². The van der Waals surface area contributed by atoms with E-state index in [0.717, 1.165) is 6.07 Å². The molecular weight excluding hydrogens is 679 g/mol. The van der Waals surface area contributed by atoms with Gasteiger partial charge < -0.3 is 25.0 Å². The Bertz CT molecular complexity index is 2060. The quantitative estimate of drug-likeness (QED) is 0.0627. The van der Waals surface area contributed by atoms with Gasteiger partial charge in [-0.1, -0.05) is 53.5 Å². The molecule has 2 fully saturated rings. The summed E-state index contributed by atoms with van der Waals surface area (Å²) in [6, 6.07) is 6.63. The van der Waals surface area contributed by atoms with E-state index in [1.807, 2.05) is 0 Å². The lowest BCUT2D eigenvalue weighted by atomic mass is 9.89. The Labute approximate surface area is 296 Å². The van der Waals surface area contributed by atoms with Crippen LogP contribution in [0.3, 0.4) is 0 Å². The fourth-order valence-corrected chi connectivity index (χ4v) is 13.5. The summed E-state index contributed by atoms with van der Waals surface area (Å²) < 4.78 is 75.6. The van der Waals surface area contributed by atoms with E-state index in [4.69, 9.17) is 9.47 Å². The SMILES string of the molecule is COCOc1cc(-c2c(F)cc3c(N4CCCC5(CNC(=O)N5)C4)nc(F)nc3c2F)c2c(C#C[Si](C(C)C)(C(C)C)C(C)C)c(F)ccc2c1. The number of hydrogen-bond acceptors (Lipinski definition) is 6. The molecular formula is C38H43F4N5O3Si. The van der Waals surface area contributed by atoms with Crippen molar-refractivity contribution in [1.29, 1.82) is 0 Å². The van der Waals surface area contributed by atoms with Crippen LogP contribution in [-0.4, -0.2) is 63.1 Å². The number of piperidine rings is 1. The van der Waals surface area contributed by atoms with Crippen molar-refractivity contribution in [1.82, 2.24) is 20.6 Å². The summed E-state index contributed by atoms with van der Waals surface area (Å²) in [5, 5.41) is 6.30. The third kappa shape index (κ3) is 6.48. The van der Waals surface area contributed by atoms with E-state index in [9.17, 15) is 4.79 Å². The number of carbonyl (C=O) groups is 1. The number of benzene rings is 3. The van der Waals surface area contributed by atoms with Crippen molar-refractivity contribution in [3.05, 3.63) is 59.4 Å². The third-order valence-corrected chi connectivity index (χ3v) is 16.9. The van der Waals surface area contributed by atoms with E-state index in [0.29, 0.717) is 31.3 Å². The summed E-state index contributed by atoms with van der Waals surface area (Å²) in [4.78, 5) is 21.5. The van der Waals surface area contributed by atoms with Crippen LogP contribution in [0.1, 0.15) is 59.9 Å². The van der Waals surface area contributed by atoms with Gasteiger partial charge in [0.25, 0.3) is 0 Å². The first kappa shape index (κ1) is 36.4. The van der Waals surface area contributed by atoms with E-state index in [1.165, 1.54) is 25.3 Å². The summed E-state index contributed by atoms with van der Waals surface area (Å²) >= 11 is 0. The number of fused-ring (bicyclic) bond motifs is 2. The Morgan fingerprint density at radius 2 is 1.73 bits per heavy atom. The highest BCUT2D eigenvalue weighted by Crippen LogP contribution is 2.44. The number of aromatic nitrogens is 2. The molecule has 13 heteroatoms. The predicted molar refractivity (Wildman–Crippen MR) is 193 cm³/mol. The van der Waals surface area contributed by atoms with E-state index in [-0.39, 0.29) is 69.5 Å². The number of hydrogen-bond donors (Lipinski definition) is 2. The number of anilines is 1. The fourth-order valence-electron chi connectivity index (χ4n) is 8.33. The number of rotatable bonds is 8. The smallest absolute Gasteiger partial charge is 0.315 e. The van der Waals surface area contributed by atoms with Crippen molar-refractivity contribution >= 4 is 41.6 Å². The summed E-state index contributed by atoms with van der Waals surface area (Å²) in [7, 11) is -0.917. The average Bonchev–Trinajstić information content (AvgIpc) is 3.42. The average molecular weight is 722 g/mol. The minimum absolute atomic E-state index is 0.0129. The molecule has 3 heterocycles. The molecule has 2 aliphatic heterocycles. The molecule has 0 radical (unpaired) electrons. The van der Waals surface area contributed by atoms with Gasteiger partial charge in [0.05, 0.1) is 16.7 Å². The molecule has 1 spiro atoms. The van der Waals surface area contributed by atoms with Crippen LogP contribution < -0.4 is 20.3 Å². The lowest BCUT2D eigenvalue weighted by Gasteiger charge is -2.40. The van der Waals surface area contributed by atoms with Crippen LogP contribution in [-0.2, 0) is 4.74 Å². The van der Waals surface area contributed by atoms with Crippen LogP contribution in [0.5, 0.6) is 5.75 Å². The first-order valence-corrected chi connectivity index (χ1v) is 19.5. The maximum atomic E-state index is 17.0. The lowest BCUT2D eigenvalue weighted by Crippen LogP contribution is -2.56. The molecule has 2 N–H and O–H groups in total. The molecule has 6 rings (SSSR count). The van der Waals surface area contributed by atoms with E-state index < -0.39 is 48.2 Å². The second-order valence-electron chi connectivity index (χ2n) is 14.6. The molecule has 0 saturated carbocycles. The largest absolute Gasteiger partial charge is 0.468 e. The molecule has 1 aromatic heterocycles. The molecule has 8 nitrogen and oxygen atoms in total. The maximum absolute atomic E-state index is 17.0. The third-order valence-electron chi connectivity index (χ3n) is 10.6. The monoisotopic (exact) mass is 721 g/mol. The van der Waals surface area contributed by atoms with Gasteiger partial charge in [-0.15, -0.1) is 5.54 Å². The van der Waals surface area contributed by atoms with Crippen molar-refractivity contribution < 1.29 is 31.8 Å². The number of carbonyl (C=O) groups excluding carboxylic acids is 1. The number of amides is 2. The van der Waals surface area contributed by atoms with Gasteiger partial charge in [0.15, 0.2) is 12.6 Å². The number of nitrogens with zero attached hydrogens (tertiary/aromatic N) is 3. The number of methoxy groups -OCH3 is 1. The number of nitrogens with one attached hydrogen (secondary N) is 2. The standard InChI is InChI=1S/C38H43F4N5O3Si/c1-21(2)51(22(3)4,23(5)6)14-11-26-29(39)10-9-24-15-25(50-20-49-7)16-27(31(24)26)32-30(40)17-28-34(33(32)41)44-36(42)45-35(28)47-13-8-12-38(19-47)18-43-37(48)46-38/h9-10,15-17,21-23H,8,12-13,18-20H2,1-7H3,(H2,43,46,48). The second-order valence-corrected chi connectivity index (χ2v) is 20.1. The van der Waals surface area contributed by atoms with Gasteiger partial charge in [-0.25, -0.2) is 18.0 Å². The Morgan fingerprint density at radius 3 is 2.37 bits per heavy atom. The zero-order chi connectivity index (χ0) is 36.8. The first-order chi connectivity index (χ1) is 24.2. The van der Waals surface area contributed by atoms with Gasteiger partial charge in [0, 0.05) is 43.1 Å². The molecule has 0 aliphatic carbocycles. The van der Waals surface area contributed by atoms with E-state index >= 15 is 17.6 Å². The van der Waals surface area contributed by atoms with Crippen molar-refractivity contribution in [2.45, 2.75) is 76.5 Å². The molecule has 2 aliphatic rings. The van der Waals surface area contributed by atoms with Crippen LogP contribution >= 0.6 is 0 Å². The van der Waals surface area contributed by atoms with Gasteiger partial charge in [-0.2, -0.15) is 14.4 Å². The summed E-state index contributed by atoms with van der Waals surface area (Å²) in [5.74, 6) is 0.654. The van der Waals surface area contributed by atoms with Crippen molar-refractivity contribution in [2.75, 3.05) is 38.4 Å². The van der Waals surface area contributed by atoms with Gasteiger partial charge in [-0.3, -0.25) is 0 Å². The van der Waals surface area contributed by atoms with Gasteiger partial charge in [-0.05, 0) is 59.1 Å². The van der Waals surface area contributed by atoms with Gasteiger partial charge in [0.1, 0.15) is 36.8 Å². The molecule has 2 saturated heterocycles. The minimum atomic E-state index is -2.36. The molecule has 1 atom stereocenters. The van der Waals surface area contributed by atoms with Crippen LogP contribution in [0.4, 0.5) is 28.2 Å². The van der Waals surface area contributed by atoms with Crippen LogP contribution in [0, 0.1) is 35.0 Å². The van der Waals surface area contributed by atoms with Crippen LogP contribution in [0.25, 0.3) is 32.8 Å². The molecule has 51 heavy (non-hydrogen) atoms. The Balaban J connectivity index is 1.60. The van der Waals surface area contributed by atoms with E-state index in [2.05, 4.69) is 73.6 Å². The number of halogens is 4. The Kier molecular flexibility index (Phi) is 9.95. The predicted octanol–water partition coefficient (Wildman–Crippen LogP) is 8.21. The van der Waals surface area contributed by atoms with Crippen molar-refractivity contribution in [2.24, 2.45) is 0 Å². The van der Waals surface area contributed by atoms with Gasteiger partial charge >= 0.3 is 12.1 Å². The highest BCUT2D eigenvalue weighted by molar-refractivity contribution is 6.90. The minimum Gasteiger partial charge on any atom is -0.468 e. The lowest BCUT2D eigenvalue weighted by molar-refractivity contribution is 0.0512. The summed E-state index contributed by atoms with van der Waals surface area (Å²) in [6.45, 7) is 13.7. The van der Waals surface area contributed by atoms with Gasteiger partial charge in [0.2, 0.25) is 0 Å². The Morgan fingerprint density at radius 1 is 1.00 bits per heavy atom. The fraction of sp³-hybridized carbons (Fsp3) is 0.447. The number of ether oxygens (including phenoxy) is 2. The highest BCUT2D eigenvalue weighted by Gasteiger charge is 2.43. The molecule has 3 aromatic carbocycles. The summed E-state index contributed by atoms with van der Waals surface area (Å²) in [5.41, 5.74) is 2.70. The number of urea groups is 1. The van der Waals surface area contributed by atoms with Crippen LogP contribution in [0.2, 0.25) is 16.6 Å². The van der Waals surface area contributed by atoms with Crippen LogP contribution in [0.15, 0.2) is 30.3 Å². The normalized spacial score (nSPS) is 17.8. The maximum Gasteiger partial charge on any atom is 0.315 e. The first-order valence-electron chi connectivity index (χ1n) is 17.3. The summed E-state index contributed by atoms with van der Waals surface area (Å²) in [6.07, 6.45) is 0.105. The highest BCUT2D eigenvalue weighted by atomic mass is 28.3. The zero-order valence-corrected chi connectivity index (χ0v) is 30.9. The molecule has 0 bridgehead atoms. The Hall–Kier alpha value is -4.41.